The van der Waals surface area contributed by atoms with E-state index < -0.39 is 0 Å². The third kappa shape index (κ3) is 5.84. The van der Waals surface area contributed by atoms with Crippen LogP contribution in [-0.4, -0.2) is 50.6 Å². The number of aromatic nitrogens is 4. The van der Waals surface area contributed by atoms with Gasteiger partial charge in [0.25, 0.3) is 0 Å². The van der Waals surface area contributed by atoms with Gasteiger partial charge in [-0.3, -0.25) is 14.4 Å². The molecule has 2 aromatic rings. The summed E-state index contributed by atoms with van der Waals surface area (Å²) in [6.45, 7) is 13.9. The molecule has 2 heterocycles. The van der Waals surface area contributed by atoms with E-state index in [2.05, 4.69) is 72.1 Å². The Kier molecular flexibility index (Phi) is 7.45. The van der Waals surface area contributed by atoms with Crippen molar-refractivity contribution < 1.29 is 0 Å². The van der Waals surface area contributed by atoms with Crippen LogP contribution < -0.4 is 5.32 Å². The fourth-order valence-electron chi connectivity index (χ4n) is 3.27. The van der Waals surface area contributed by atoms with Gasteiger partial charge >= 0.3 is 0 Å². The molecule has 0 amide bonds. The van der Waals surface area contributed by atoms with E-state index in [1.54, 1.807) is 0 Å². The Labute approximate surface area is 163 Å². The average Bonchev–Trinajstić information content (AvgIpc) is 3.11. The molecule has 0 saturated heterocycles. The Balaban J connectivity index is 1.98. The average molecular weight is 374 g/mol. The van der Waals surface area contributed by atoms with Gasteiger partial charge < -0.3 is 10.2 Å². The number of hydrogen-bond donors (Lipinski definition) is 1. The molecule has 27 heavy (non-hydrogen) atoms. The minimum absolute atomic E-state index is 0.412. The molecule has 0 atom stereocenters. The highest BCUT2D eigenvalue weighted by atomic mass is 15.3. The van der Waals surface area contributed by atoms with Gasteiger partial charge in [-0.15, -0.1) is 0 Å². The van der Waals surface area contributed by atoms with Gasteiger partial charge in [0, 0.05) is 57.7 Å². The predicted molar refractivity (Wildman–Crippen MR) is 111 cm³/mol. The van der Waals surface area contributed by atoms with Crippen molar-refractivity contribution >= 4 is 5.96 Å². The van der Waals surface area contributed by atoms with Gasteiger partial charge in [0.2, 0.25) is 0 Å². The minimum Gasteiger partial charge on any atom is -0.357 e. The first-order chi connectivity index (χ1) is 12.8. The summed E-state index contributed by atoms with van der Waals surface area (Å²) in [5.74, 6) is 1.35. The Morgan fingerprint density at radius 1 is 1.30 bits per heavy atom. The lowest BCUT2D eigenvalue weighted by molar-refractivity contribution is 0.471. The van der Waals surface area contributed by atoms with Crippen LogP contribution in [0.3, 0.4) is 0 Å². The first-order valence-electron chi connectivity index (χ1n) is 9.84. The van der Waals surface area contributed by atoms with Crippen LogP contribution in [0.25, 0.3) is 0 Å². The van der Waals surface area contributed by atoms with Crippen LogP contribution in [0.15, 0.2) is 17.3 Å². The highest BCUT2D eigenvalue weighted by Crippen LogP contribution is 2.18. The predicted octanol–water partition coefficient (Wildman–Crippen LogP) is 2.84. The maximum Gasteiger partial charge on any atom is 0.193 e. The van der Waals surface area contributed by atoms with E-state index in [-0.39, 0.29) is 0 Å². The first kappa shape index (κ1) is 21.0. The summed E-state index contributed by atoms with van der Waals surface area (Å²) in [7, 11) is 4.06. The number of nitrogens with one attached hydrogen (secondary N) is 1. The molecule has 1 N–H and O–H groups in total. The Hall–Kier alpha value is -2.31. The summed E-state index contributed by atoms with van der Waals surface area (Å²) < 4.78 is 3.96. The molecule has 0 aliphatic carbocycles. The number of nitrogens with zero attached hydrogens (tertiary/aromatic N) is 6. The normalized spacial score (nSPS) is 12.1. The third-order valence-corrected chi connectivity index (χ3v) is 4.48. The van der Waals surface area contributed by atoms with E-state index in [1.807, 2.05) is 18.7 Å². The van der Waals surface area contributed by atoms with Crippen molar-refractivity contribution in [2.75, 3.05) is 20.1 Å². The molecule has 7 heteroatoms. The molecule has 0 spiro atoms. The maximum atomic E-state index is 4.81. The molecule has 0 aliphatic heterocycles. The SMILES string of the molecule is CCNC(=NCCCn1nc(C)cc1C)N(C)Cc1cn(C)nc1C(C)C. The van der Waals surface area contributed by atoms with E-state index in [1.165, 1.54) is 11.3 Å². The van der Waals surface area contributed by atoms with Gasteiger partial charge in [0.1, 0.15) is 0 Å². The third-order valence-electron chi connectivity index (χ3n) is 4.48. The van der Waals surface area contributed by atoms with Crippen molar-refractivity contribution in [1.29, 1.82) is 0 Å². The van der Waals surface area contributed by atoms with Crippen LogP contribution in [0.2, 0.25) is 0 Å². The largest absolute Gasteiger partial charge is 0.357 e. The molecular weight excluding hydrogens is 338 g/mol. The highest BCUT2D eigenvalue weighted by molar-refractivity contribution is 5.79. The molecule has 0 aromatic carbocycles. The Morgan fingerprint density at radius 3 is 2.63 bits per heavy atom. The molecule has 0 unspecified atom stereocenters. The van der Waals surface area contributed by atoms with Crippen molar-refractivity contribution in [2.24, 2.45) is 12.0 Å². The number of hydrogen-bond acceptors (Lipinski definition) is 3. The zero-order valence-corrected chi connectivity index (χ0v) is 18.0. The van der Waals surface area contributed by atoms with Crippen molar-refractivity contribution in [3.63, 3.8) is 0 Å². The second-order valence-electron chi connectivity index (χ2n) is 7.46. The monoisotopic (exact) mass is 373 g/mol. The standard InChI is InChI=1S/C20H35N7/c1-8-21-20(22-10-9-11-27-17(5)12-16(4)23-27)25(6)13-18-14-26(7)24-19(18)15(2)3/h12,14-15H,8-11,13H2,1-7H3,(H,21,22). The summed E-state index contributed by atoms with van der Waals surface area (Å²) in [5.41, 5.74) is 4.69. The van der Waals surface area contributed by atoms with Crippen LogP contribution in [0.1, 0.15) is 55.8 Å². The van der Waals surface area contributed by atoms with Gasteiger partial charge in [0.05, 0.1) is 11.4 Å². The molecular formula is C20H35N7. The smallest absolute Gasteiger partial charge is 0.193 e. The molecule has 0 radical (unpaired) electrons. The van der Waals surface area contributed by atoms with Crippen LogP contribution in [0, 0.1) is 13.8 Å². The first-order valence-corrected chi connectivity index (χ1v) is 9.84. The van der Waals surface area contributed by atoms with E-state index in [9.17, 15) is 0 Å². The fraction of sp³-hybridized carbons (Fsp3) is 0.650. The molecule has 0 fully saturated rings. The molecule has 0 saturated carbocycles. The number of aliphatic imine (C=N–C) groups is 1. The van der Waals surface area contributed by atoms with Crippen molar-refractivity contribution in [3.8, 4) is 0 Å². The van der Waals surface area contributed by atoms with Gasteiger partial charge in [0.15, 0.2) is 5.96 Å². The lowest BCUT2D eigenvalue weighted by Gasteiger charge is -2.22. The van der Waals surface area contributed by atoms with Gasteiger partial charge in [-0.25, -0.2) is 0 Å². The molecule has 7 nitrogen and oxygen atoms in total. The number of aryl methyl sites for hydroxylation is 4. The Morgan fingerprint density at radius 2 is 2.04 bits per heavy atom. The van der Waals surface area contributed by atoms with E-state index >= 15 is 0 Å². The topological polar surface area (TPSA) is 63.3 Å². The van der Waals surface area contributed by atoms with Crippen LogP contribution in [0.4, 0.5) is 0 Å². The summed E-state index contributed by atoms with van der Waals surface area (Å²) in [6, 6.07) is 2.11. The van der Waals surface area contributed by atoms with E-state index in [0.29, 0.717) is 5.92 Å². The van der Waals surface area contributed by atoms with Crippen molar-refractivity contribution in [1.82, 2.24) is 29.8 Å². The summed E-state index contributed by atoms with van der Waals surface area (Å²) >= 11 is 0. The van der Waals surface area contributed by atoms with Crippen LogP contribution in [-0.2, 0) is 20.1 Å². The van der Waals surface area contributed by atoms with Gasteiger partial charge in [-0.05, 0) is 39.2 Å². The van der Waals surface area contributed by atoms with E-state index in [4.69, 9.17) is 4.99 Å². The molecule has 0 bridgehead atoms. The highest BCUT2D eigenvalue weighted by Gasteiger charge is 2.15. The molecule has 0 aliphatic rings. The lowest BCUT2D eigenvalue weighted by atomic mass is 10.1. The Bertz CT molecular complexity index is 754. The zero-order chi connectivity index (χ0) is 20.0. The minimum atomic E-state index is 0.412. The fourth-order valence-corrected chi connectivity index (χ4v) is 3.27. The molecule has 150 valence electrons. The van der Waals surface area contributed by atoms with Gasteiger partial charge in [-0.1, -0.05) is 13.8 Å². The second kappa shape index (κ2) is 9.58. The number of guanidine groups is 1. The lowest BCUT2D eigenvalue weighted by Crippen LogP contribution is -2.38. The molecule has 2 rings (SSSR count). The zero-order valence-electron chi connectivity index (χ0n) is 18.0. The van der Waals surface area contributed by atoms with Crippen molar-refractivity contribution in [2.45, 2.75) is 60.0 Å². The van der Waals surface area contributed by atoms with Crippen LogP contribution >= 0.6 is 0 Å². The van der Waals surface area contributed by atoms with Gasteiger partial charge in [-0.2, -0.15) is 10.2 Å². The van der Waals surface area contributed by atoms with E-state index in [0.717, 1.165) is 49.9 Å². The van der Waals surface area contributed by atoms with Crippen molar-refractivity contribution in [3.05, 3.63) is 34.9 Å². The van der Waals surface area contributed by atoms with Crippen LogP contribution in [0.5, 0.6) is 0 Å². The maximum absolute atomic E-state index is 4.81. The summed E-state index contributed by atoms with van der Waals surface area (Å²) in [5, 5.41) is 12.5. The quantitative estimate of drug-likeness (QED) is 0.439. The number of rotatable bonds is 8. The summed E-state index contributed by atoms with van der Waals surface area (Å²) in [6.07, 6.45) is 3.08. The second-order valence-corrected chi connectivity index (χ2v) is 7.46. The molecule has 2 aromatic heterocycles. The summed E-state index contributed by atoms with van der Waals surface area (Å²) in [4.78, 5) is 6.98.